The molecule has 2 atom stereocenters. The van der Waals surface area contributed by atoms with Crippen LogP contribution in [0.4, 0.5) is 0 Å². The van der Waals surface area contributed by atoms with Crippen LogP contribution in [0.1, 0.15) is 34.9 Å². The Labute approximate surface area is 163 Å². The van der Waals surface area contributed by atoms with Gasteiger partial charge in [-0.2, -0.15) is 4.98 Å². The quantitative estimate of drug-likeness (QED) is 0.789. The molecule has 0 aliphatic carbocycles. The molecule has 0 radical (unpaired) electrons. The zero-order valence-corrected chi connectivity index (χ0v) is 16.1. The number of hydrogen-bond acceptors (Lipinski definition) is 7. The highest BCUT2D eigenvalue weighted by Gasteiger charge is 2.58. The molecule has 0 saturated carbocycles. The lowest BCUT2D eigenvalue weighted by Crippen LogP contribution is -2.44. The van der Waals surface area contributed by atoms with E-state index in [2.05, 4.69) is 20.0 Å². The van der Waals surface area contributed by atoms with Gasteiger partial charge in [-0.25, -0.2) is 0 Å². The zero-order valence-electron chi connectivity index (χ0n) is 16.1. The number of carbonyl (C=O) groups is 1. The maximum atomic E-state index is 13.0. The Hall–Kier alpha value is -2.32. The number of amides is 1. The number of hydrogen-bond donors (Lipinski definition) is 0. The van der Waals surface area contributed by atoms with Crippen LogP contribution in [0.3, 0.4) is 0 Å². The third-order valence-corrected chi connectivity index (χ3v) is 6.49. The van der Waals surface area contributed by atoms with Crippen LogP contribution < -0.4 is 0 Å². The zero-order chi connectivity index (χ0) is 19.1. The molecule has 0 N–H and O–H groups in total. The van der Waals surface area contributed by atoms with E-state index in [1.807, 2.05) is 17.9 Å². The van der Waals surface area contributed by atoms with Crippen molar-refractivity contribution >= 4 is 5.91 Å². The SMILES string of the molecule is Cc1noc([C@]23CN(C(=O)c4cccnc4)C[C@H]2CN(C2CCOCC2)C3)n1. The van der Waals surface area contributed by atoms with E-state index in [-0.39, 0.29) is 17.2 Å². The standard InChI is InChI=1S/C20H25N5O3/c1-14-22-19(28-23-14)20-12-24(17-4-7-27-8-5-17)10-16(20)11-25(13-20)18(26)15-3-2-6-21-9-15/h2-3,6,9,16-17H,4-5,7-8,10-13H2,1H3/t16-,20-/m1/s1. The van der Waals surface area contributed by atoms with E-state index in [1.165, 1.54) is 0 Å². The molecule has 3 saturated heterocycles. The molecule has 1 amide bonds. The molecule has 2 aromatic heterocycles. The van der Waals surface area contributed by atoms with Gasteiger partial charge in [-0.1, -0.05) is 5.16 Å². The fraction of sp³-hybridized carbons (Fsp3) is 0.600. The van der Waals surface area contributed by atoms with Gasteiger partial charge in [0.15, 0.2) is 5.82 Å². The highest BCUT2D eigenvalue weighted by molar-refractivity contribution is 5.94. The molecule has 0 unspecified atom stereocenters. The van der Waals surface area contributed by atoms with Crippen molar-refractivity contribution in [3.63, 3.8) is 0 Å². The fourth-order valence-corrected chi connectivity index (χ4v) is 5.06. The number of aryl methyl sites for hydroxylation is 1. The minimum atomic E-state index is -0.294. The van der Waals surface area contributed by atoms with Crippen molar-refractivity contribution in [2.75, 3.05) is 39.4 Å². The van der Waals surface area contributed by atoms with Crippen molar-refractivity contribution in [1.82, 2.24) is 24.9 Å². The molecule has 2 aromatic rings. The molecule has 0 bridgehead atoms. The third kappa shape index (κ3) is 2.91. The highest BCUT2D eigenvalue weighted by Crippen LogP contribution is 2.45. The first-order valence-electron chi connectivity index (χ1n) is 9.97. The van der Waals surface area contributed by atoms with E-state index in [9.17, 15) is 4.79 Å². The van der Waals surface area contributed by atoms with E-state index in [1.54, 1.807) is 18.5 Å². The monoisotopic (exact) mass is 383 g/mol. The summed E-state index contributed by atoms with van der Waals surface area (Å²) >= 11 is 0. The summed E-state index contributed by atoms with van der Waals surface area (Å²) < 4.78 is 11.2. The Bertz CT molecular complexity index is 851. The predicted octanol–water partition coefficient (Wildman–Crippen LogP) is 1.28. The van der Waals surface area contributed by atoms with E-state index >= 15 is 0 Å². The Morgan fingerprint density at radius 3 is 2.82 bits per heavy atom. The molecule has 28 heavy (non-hydrogen) atoms. The van der Waals surface area contributed by atoms with Crippen LogP contribution >= 0.6 is 0 Å². The minimum absolute atomic E-state index is 0.0238. The summed E-state index contributed by atoms with van der Waals surface area (Å²) in [6, 6.07) is 4.15. The van der Waals surface area contributed by atoms with E-state index in [4.69, 9.17) is 9.26 Å². The Morgan fingerprint density at radius 2 is 2.11 bits per heavy atom. The fourth-order valence-electron chi connectivity index (χ4n) is 5.06. The van der Waals surface area contributed by atoms with Crippen molar-refractivity contribution in [2.24, 2.45) is 5.92 Å². The molecule has 5 heterocycles. The number of nitrogens with zero attached hydrogens (tertiary/aromatic N) is 5. The molecule has 148 valence electrons. The number of ether oxygens (including phenoxy) is 1. The van der Waals surface area contributed by atoms with Crippen molar-refractivity contribution in [3.05, 3.63) is 41.8 Å². The van der Waals surface area contributed by atoms with Crippen molar-refractivity contribution in [1.29, 1.82) is 0 Å². The molecule has 3 aliphatic heterocycles. The Balaban J connectivity index is 1.42. The lowest BCUT2D eigenvalue weighted by atomic mass is 9.81. The van der Waals surface area contributed by atoms with Crippen LogP contribution in [0, 0.1) is 12.8 Å². The lowest BCUT2D eigenvalue weighted by Gasteiger charge is -2.33. The largest absolute Gasteiger partial charge is 0.381 e. The molecule has 0 spiro atoms. The molecule has 5 rings (SSSR count). The van der Waals surface area contributed by atoms with Gasteiger partial charge in [0.05, 0.1) is 11.0 Å². The number of fused-ring (bicyclic) bond motifs is 1. The average molecular weight is 383 g/mol. The number of aromatic nitrogens is 3. The van der Waals surface area contributed by atoms with Crippen LogP contribution in [0.5, 0.6) is 0 Å². The second-order valence-corrected chi connectivity index (χ2v) is 8.20. The molecular formula is C20H25N5O3. The lowest BCUT2D eigenvalue weighted by molar-refractivity contribution is 0.0369. The third-order valence-electron chi connectivity index (χ3n) is 6.49. The van der Waals surface area contributed by atoms with Gasteiger partial charge < -0.3 is 14.2 Å². The number of carbonyl (C=O) groups excluding carboxylic acids is 1. The predicted molar refractivity (Wildman–Crippen MR) is 99.8 cm³/mol. The van der Waals surface area contributed by atoms with Crippen LogP contribution in [0.25, 0.3) is 0 Å². The summed E-state index contributed by atoms with van der Waals surface area (Å²) in [5, 5.41) is 4.04. The summed E-state index contributed by atoms with van der Waals surface area (Å²) in [4.78, 5) is 26.2. The molecule has 3 aliphatic rings. The molecular weight excluding hydrogens is 358 g/mol. The molecule has 3 fully saturated rings. The van der Waals surface area contributed by atoms with Crippen LogP contribution in [-0.4, -0.2) is 76.3 Å². The van der Waals surface area contributed by atoms with Crippen molar-refractivity contribution in [2.45, 2.75) is 31.2 Å². The normalized spacial score (nSPS) is 28.6. The van der Waals surface area contributed by atoms with Crippen molar-refractivity contribution in [3.8, 4) is 0 Å². The van der Waals surface area contributed by atoms with Gasteiger partial charge in [0.25, 0.3) is 5.91 Å². The van der Waals surface area contributed by atoms with E-state index in [0.717, 1.165) is 39.1 Å². The second kappa shape index (κ2) is 6.93. The minimum Gasteiger partial charge on any atom is -0.381 e. The van der Waals surface area contributed by atoms with Gasteiger partial charge in [-0.3, -0.25) is 14.7 Å². The summed E-state index contributed by atoms with van der Waals surface area (Å²) in [5.41, 5.74) is 0.331. The van der Waals surface area contributed by atoms with E-state index in [0.29, 0.717) is 36.4 Å². The van der Waals surface area contributed by atoms with Gasteiger partial charge in [0.1, 0.15) is 0 Å². The van der Waals surface area contributed by atoms with Crippen LogP contribution in [0.2, 0.25) is 0 Å². The van der Waals surface area contributed by atoms with Crippen LogP contribution in [-0.2, 0) is 10.2 Å². The second-order valence-electron chi connectivity index (χ2n) is 8.20. The van der Waals surface area contributed by atoms with Gasteiger partial charge in [-0.05, 0) is 31.9 Å². The first kappa shape index (κ1) is 17.8. The Kier molecular flexibility index (Phi) is 4.40. The first-order valence-corrected chi connectivity index (χ1v) is 9.97. The number of likely N-dealkylation sites (tertiary alicyclic amines) is 2. The smallest absolute Gasteiger partial charge is 0.255 e. The van der Waals surface area contributed by atoms with Gasteiger partial charge >= 0.3 is 0 Å². The van der Waals surface area contributed by atoms with E-state index < -0.39 is 0 Å². The number of rotatable bonds is 3. The maximum absolute atomic E-state index is 13.0. The maximum Gasteiger partial charge on any atom is 0.255 e. The van der Waals surface area contributed by atoms with Crippen molar-refractivity contribution < 1.29 is 14.1 Å². The van der Waals surface area contributed by atoms with Crippen LogP contribution in [0.15, 0.2) is 29.0 Å². The molecule has 0 aromatic carbocycles. The Morgan fingerprint density at radius 1 is 1.25 bits per heavy atom. The van der Waals surface area contributed by atoms with Gasteiger partial charge in [-0.15, -0.1) is 0 Å². The topological polar surface area (TPSA) is 84.6 Å². The molecule has 8 nitrogen and oxygen atoms in total. The average Bonchev–Trinajstić information content (AvgIpc) is 3.41. The summed E-state index contributed by atoms with van der Waals surface area (Å²) in [6.45, 7) is 6.59. The van der Waals surface area contributed by atoms with Gasteiger partial charge in [0, 0.05) is 63.7 Å². The molecule has 8 heteroatoms. The summed E-state index contributed by atoms with van der Waals surface area (Å²) in [5.74, 6) is 1.63. The van der Waals surface area contributed by atoms with Gasteiger partial charge in [0.2, 0.25) is 5.89 Å². The summed E-state index contributed by atoms with van der Waals surface area (Å²) in [6.07, 6.45) is 5.44. The summed E-state index contributed by atoms with van der Waals surface area (Å²) in [7, 11) is 0. The number of pyridine rings is 1. The first-order chi connectivity index (χ1) is 13.7. The highest BCUT2D eigenvalue weighted by atomic mass is 16.5.